The molecular weight excluding hydrogens is 104 g/mol. The van der Waals surface area contributed by atoms with Crippen molar-refractivity contribution in [1.82, 2.24) is 0 Å². The highest BCUT2D eigenvalue weighted by atomic mass is 16.5. The molecule has 0 rings (SSSR count). The number of rotatable bonds is 3. The van der Waals surface area contributed by atoms with Crippen LogP contribution in [0.15, 0.2) is 11.9 Å². The van der Waals surface area contributed by atoms with Crippen LogP contribution in [0.3, 0.4) is 0 Å². The van der Waals surface area contributed by atoms with E-state index in [2.05, 4.69) is 0 Å². The van der Waals surface area contributed by atoms with Crippen molar-refractivity contribution in [3.8, 4) is 0 Å². The van der Waals surface area contributed by atoms with Gasteiger partial charge < -0.3 is 16.2 Å². The standard InChI is InChI=1S/C5H12N2O/c1-2-8-4-3-5(6)7/h3H,2,4,6-7H2,1H3. The fraction of sp³-hybridized carbons (Fsp3) is 0.600. The number of nitrogens with two attached hydrogens (primary N) is 2. The zero-order valence-electron chi connectivity index (χ0n) is 5.05. The number of ether oxygens (including phenoxy) is 1. The van der Waals surface area contributed by atoms with Crippen LogP contribution in [0.1, 0.15) is 6.92 Å². The fourth-order valence-corrected chi connectivity index (χ4v) is 0.273. The second-order valence-corrected chi connectivity index (χ2v) is 1.36. The average Bonchev–Trinajstić information content (AvgIpc) is 1.66. The smallest absolute Gasteiger partial charge is 0.0915 e. The minimum atomic E-state index is 0.318. The van der Waals surface area contributed by atoms with Gasteiger partial charge in [-0.15, -0.1) is 0 Å². The molecule has 0 aromatic rings. The Hall–Kier alpha value is -0.700. The van der Waals surface area contributed by atoms with Crippen LogP contribution in [0.25, 0.3) is 0 Å². The van der Waals surface area contributed by atoms with Gasteiger partial charge in [0.2, 0.25) is 0 Å². The molecule has 0 bridgehead atoms. The Morgan fingerprint density at radius 3 is 2.62 bits per heavy atom. The lowest BCUT2D eigenvalue weighted by Gasteiger charge is -1.93. The third kappa shape index (κ3) is 5.30. The van der Waals surface area contributed by atoms with Gasteiger partial charge in [-0.3, -0.25) is 0 Å². The monoisotopic (exact) mass is 116 g/mol. The van der Waals surface area contributed by atoms with E-state index in [1.807, 2.05) is 6.92 Å². The first kappa shape index (κ1) is 7.30. The van der Waals surface area contributed by atoms with E-state index in [1.165, 1.54) is 0 Å². The summed E-state index contributed by atoms with van der Waals surface area (Å²) in [7, 11) is 0. The zero-order chi connectivity index (χ0) is 6.41. The van der Waals surface area contributed by atoms with Gasteiger partial charge in [0, 0.05) is 6.61 Å². The van der Waals surface area contributed by atoms with Crippen molar-refractivity contribution in [1.29, 1.82) is 0 Å². The molecule has 0 amide bonds. The van der Waals surface area contributed by atoms with Crippen LogP contribution in [0.2, 0.25) is 0 Å². The molecule has 0 heterocycles. The van der Waals surface area contributed by atoms with Crippen molar-refractivity contribution in [2.45, 2.75) is 6.92 Å². The van der Waals surface area contributed by atoms with Gasteiger partial charge in [0.15, 0.2) is 0 Å². The minimum Gasteiger partial charge on any atom is -0.386 e. The van der Waals surface area contributed by atoms with Gasteiger partial charge in [0.1, 0.15) is 0 Å². The first-order valence-corrected chi connectivity index (χ1v) is 2.56. The lowest BCUT2D eigenvalue weighted by Crippen LogP contribution is -2.09. The average molecular weight is 116 g/mol. The van der Waals surface area contributed by atoms with E-state index >= 15 is 0 Å². The highest BCUT2D eigenvalue weighted by molar-refractivity contribution is 4.89. The molecule has 0 aromatic carbocycles. The lowest BCUT2D eigenvalue weighted by molar-refractivity contribution is 0.177. The van der Waals surface area contributed by atoms with Crippen molar-refractivity contribution in [3.05, 3.63) is 11.9 Å². The topological polar surface area (TPSA) is 61.3 Å². The largest absolute Gasteiger partial charge is 0.386 e. The van der Waals surface area contributed by atoms with Gasteiger partial charge in [0.25, 0.3) is 0 Å². The molecule has 0 aliphatic rings. The summed E-state index contributed by atoms with van der Waals surface area (Å²) in [5.74, 6) is 0.318. The molecule has 48 valence electrons. The van der Waals surface area contributed by atoms with Crippen LogP contribution >= 0.6 is 0 Å². The maximum absolute atomic E-state index is 5.09. The summed E-state index contributed by atoms with van der Waals surface area (Å²) >= 11 is 0. The normalized spacial score (nSPS) is 8.62. The summed E-state index contributed by atoms with van der Waals surface area (Å²) in [5.41, 5.74) is 10.2. The molecule has 3 heteroatoms. The molecule has 0 aliphatic heterocycles. The number of hydrogen-bond donors (Lipinski definition) is 2. The Morgan fingerprint density at radius 2 is 2.25 bits per heavy atom. The van der Waals surface area contributed by atoms with Gasteiger partial charge in [-0.2, -0.15) is 0 Å². The van der Waals surface area contributed by atoms with Crippen molar-refractivity contribution in [2.24, 2.45) is 11.5 Å². The van der Waals surface area contributed by atoms with E-state index in [-0.39, 0.29) is 0 Å². The molecule has 0 aliphatic carbocycles. The van der Waals surface area contributed by atoms with Crippen LogP contribution in [0.4, 0.5) is 0 Å². The van der Waals surface area contributed by atoms with E-state index in [4.69, 9.17) is 16.2 Å². The Morgan fingerprint density at radius 1 is 1.62 bits per heavy atom. The third-order valence-electron chi connectivity index (χ3n) is 0.641. The first-order valence-electron chi connectivity index (χ1n) is 2.56. The molecule has 0 radical (unpaired) electrons. The molecular formula is C5H12N2O. The van der Waals surface area contributed by atoms with Crippen molar-refractivity contribution < 1.29 is 4.74 Å². The van der Waals surface area contributed by atoms with Crippen LogP contribution in [0.5, 0.6) is 0 Å². The molecule has 4 N–H and O–H groups in total. The zero-order valence-corrected chi connectivity index (χ0v) is 5.05. The van der Waals surface area contributed by atoms with Gasteiger partial charge in [-0.05, 0) is 13.0 Å². The summed E-state index contributed by atoms with van der Waals surface area (Å²) in [6.45, 7) is 3.13. The van der Waals surface area contributed by atoms with Gasteiger partial charge in [-0.25, -0.2) is 0 Å². The predicted octanol–water partition coefficient (Wildman–Crippen LogP) is -0.218. The molecule has 0 aromatic heterocycles. The fourth-order valence-electron chi connectivity index (χ4n) is 0.273. The quantitative estimate of drug-likeness (QED) is 0.501. The molecule has 0 atom stereocenters. The lowest BCUT2D eigenvalue weighted by atomic mass is 10.6. The molecule has 0 saturated carbocycles. The first-order chi connectivity index (χ1) is 3.77. The summed E-state index contributed by atoms with van der Waals surface area (Å²) in [6, 6.07) is 0. The van der Waals surface area contributed by atoms with Crippen molar-refractivity contribution >= 4 is 0 Å². The summed E-state index contributed by atoms with van der Waals surface area (Å²) in [4.78, 5) is 0. The maximum Gasteiger partial charge on any atom is 0.0915 e. The van der Waals surface area contributed by atoms with Gasteiger partial charge in [0.05, 0.1) is 12.4 Å². The highest BCUT2D eigenvalue weighted by Gasteiger charge is 1.76. The molecule has 8 heavy (non-hydrogen) atoms. The van der Waals surface area contributed by atoms with Crippen molar-refractivity contribution in [3.63, 3.8) is 0 Å². The van der Waals surface area contributed by atoms with E-state index in [1.54, 1.807) is 6.08 Å². The van der Waals surface area contributed by atoms with Crippen LogP contribution in [-0.4, -0.2) is 13.2 Å². The van der Waals surface area contributed by atoms with E-state index in [9.17, 15) is 0 Å². The Bertz CT molecular complexity index is 76.5. The van der Waals surface area contributed by atoms with Crippen LogP contribution in [-0.2, 0) is 4.74 Å². The minimum absolute atomic E-state index is 0.318. The molecule has 0 spiro atoms. The van der Waals surface area contributed by atoms with Crippen LogP contribution in [0, 0.1) is 0 Å². The third-order valence-corrected chi connectivity index (χ3v) is 0.641. The summed E-state index contributed by atoms with van der Waals surface area (Å²) < 4.78 is 4.91. The Kier molecular flexibility index (Phi) is 4.07. The highest BCUT2D eigenvalue weighted by Crippen LogP contribution is 1.75. The van der Waals surface area contributed by atoms with E-state index in [0.717, 1.165) is 0 Å². The predicted molar refractivity (Wildman–Crippen MR) is 33.0 cm³/mol. The molecule has 0 unspecified atom stereocenters. The van der Waals surface area contributed by atoms with Gasteiger partial charge in [-0.1, -0.05) is 0 Å². The Balaban J connectivity index is 3.03. The van der Waals surface area contributed by atoms with E-state index in [0.29, 0.717) is 19.0 Å². The summed E-state index contributed by atoms with van der Waals surface area (Å²) in [6.07, 6.45) is 1.63. The second-order valence-electron chi connectivity index (χ2n) is 1.36. The van der Waals surface area contributed by atoms with Crippen LogP contribution < -0.4 is 11.5 Å². The molecule has 0 saturated heterocycles. The summed E-state index contributed by atoms with van der Waals surface area (Å²) in [5, 5.41) is 0. The molecule has 3 nitrogen and oxygen atoms in total. The second kappa shape index (κ2) is 4.46. The maximum atomic E-state index is 5.09. The van der Waals surface area contributed by atoms with Crippen molar-refractivity contribution in [2.75, 3.05) is 13.2 Å². The van der Waals surface area contributed by atoms with Gasteiger partial charge >= 0.3 is 0 Å². The Labute approximate surface area is 49.3 Å². The van der Waals surface area contributed by atoms with E-state index < -0.39 is 0 Å². The number of hydrogen-bond acceptors (Lipinski definition) is 3. The molecule has 0 fully saturated rings. The SMILES string of the molecule is CCOCC=C(N)N.